The van der Waals surface area contributed by atoms with Crippen molar-refractivity contribution in [3.05, 3.63) is 133 Å². The van der Waals surface area contributed by atoms with E-state index < -0.39 is 0 Å². The third-order valence-electron chi connectivity index (χ3n) is 6.33. The Morgan fingerprint density at radius 3 is 1.49 bits per heavy atom. The van der Waals surface area contributed by atoms with Crippen LogP contribution in [0.5, 0.6) is 0 Å². The highest BCUT2D eigenvalue weighted by atomic mass is 15.2. The van der Waals surface area contributed by atoms with Gasteiger partial charge in [-0.2, -0.15) is 0 Å². The first-order valence-electron chi connectivity index (χ1n) is 12.2. The summed E-state index contributed by atoms with van der Waals surface area (Å²) in [5.41, 5.74) is 9.66. The van der Waals surface area contributed by atoms with E-state index in [0.717, 1.165) is 0 Å². The summed E-state index contributed by atoms with van der Waals surface area (Å²) in [6, 6.07) is 47.6. The summed E-state index contributed by atoms with van der Waals surface area (Å²) in [7, 11) is 0. The van der Waals surface area contributed by atoms with Crippen molar-refractivity contribution in [1.29, 1.82) is 0 Å². The summed E-state index contributed by atoms with van der Waals surface area (Å²) in [5.74, 6) is 0. The number of benzene rings is 5. The summed E-state index contributed by atoms with van der Waals surface area (Å²) in [6.07, 6.45) is 0. The Kier molecular flexibility index (Phi) is 6.25. The molecule has 0 unspecified atom stereocenters. The molecule has 0 heterocycles. The van der Waals surface area contributed by atoms with Crippen LogP contribution in [-0.2, 0) is 0 Å². The number of hydrogen-bond donors (Lipinski definition) is 0. The van der Waals surface area contributed by atoms with Gasteiger partial charge in [-0.25, -0.2) is 0 Å². The van der Waals surface area contributed by atoms with Crippen LogP contribution in [0.3, 0.4) is 0 Å². The lowest BCUT2D eigenvalue weighted by Crippen LogP contribution is -2.37. The molecule has 5 aromatic carbocycles. The van der Waals surface area contributed by atoms with Gasteiger partial charge in [-0.15, -0.1) is 0 Å². The maximum Gasteiger partial charge on any atom is 0.0495 e. The molecule has 172 valence electrons. The largest absolute Gasteiger partial charge is 0.336 e. The summed E-state index contributed by atoms with van der Waals surface area (Å²) in [4.78, 5) is 2.46. The fourth-order valence-electron chi connectivity index (χ4n) is 4.84. The zero-order valence-corrected chi connectivity index (χ0v) is 20.6. The van der Waals surface area contributed by atoms with Gasteiger partial charge in [0.1, 0.15) is 0 Å². The molecule has 0 aliphatic rings. The third kappa shape index (κ3) is 4.76. The molecule has 0 atom stereocenters. The predicted molar refractivity (Wildman–Crippen MR) is 151 cm³/mol. The number of hydrogen-bond acceptors (Lipinski definition) is 1. The lowest BCUT2D eigenvalue weighted by molar-refractivity contribution is 0.561. The van der Waals surface area contributed by atoms with Gasteiger partial charge in [0.2, 0.25) is 0 Å². The molecule has 0 bridgehead atoms. The molecule has 0 aromatic heterocycles. The van der Waals surface area contributed by atoms with E-state index >= 15 is 0 Å². The van der Waals surface area contributed by atoms with Gasteiger partial charge in [0.05, 0.1) is 0 Å². The first kappa shape index (κ1) is 22.7. The Bertz CT molecular complexity index is 1410. The van der Waals surface area contributed by atoms with Crippen molar-refractivity contribution in [3.8, 4) is 33.4 Å². The maximum absolute atomic E-state index is 2.46. The fraction of sp³-hybridized carbons (Fsp3) is 0.118. The first-order chi connectivity index (χ1) is 17.0. The van der Waals surface area contributed by atoms with Gasteiger partial charge in [-0.1, -0.05) is 115 Å². The lowest BCUT2D eigenvalue weighted by Gasteiger charge is -2.39. The molecule has 0 N–H and O–H groups in total. The van der Waals surface area contributed by atoms with E-state index in [1.807, 2.05) is 0 Å². The Labute approximate surface area is 209 Å². The molecule has 0 aliphatic heterocycles. The van der Waals surface area contributed by atoms with Gasteiger partial charge < -0.3 is 4.90 Å². The average Bonchev–Trinajstić information content (AvgIpc) is 2.89. The number of rotatable bonds is 5. The summed E-state index contributed by atoms with van der Waals surface area (Å²) >= 11 is 0. The Balaban J connectivity index is 1.65. The maximum atomic E-state index is 2.46. The second kappa shape index (κ2) is 9.64. The molecule has 5 rings (SSSR count). The van der Waals surface area contributed by atoms with E-state index in [1.165, 1.54) is 44.8 Å². The second-order valence-electron chi connectivity index (χ2n) is 9.85. The summed E-state index contributed by atoms with van der Waals surface area (Å²) in [5, 5.41) is 0. The smallest absolute Gasteiger partial charge is 0.0495 e. The molecule has 0 fully saturated rings. The summed E-state index contributed by atoms with van der Waals surface area (Å²) in [6.45, 7) is 6.83. The van der Waals surface area contributed by atoms with Gasteiger partial charge in [0.15, 0.2) is 0 Å². The van der Waals surface area contributed by atoms with E-state index in [2.05, 4.69) is 159 Å². The SMILES string of the molecule is CC(C)(C)N(c1cccc(-c2ccccc2-c2ccccc2)c1)c1ccccc1-c1ccccc1. The van der Waals surface area contributed by atoms with Crippen LogP contribution in [0, 0.1) is 0 Å². The standard InChI is InChI=1S/C34H31N/c1-34(2,3)35(33-24-13-12-23-32(33)27-17-8-5-9-18-27)29-20-14-19-28(25-29)31-22-11-10-21-30(31)26-15-6-4-7-16-26/h4-25H,1-3H3. The van der Waals surface area contributed by atoms with Crippen LogP contribution in [0.4, 0.5) is 11.4 Å². The van der Waals surface area contributed by atoms with E-state index in [0.29, 0.717) is 0 Å². The molecular weight excluding hydrogens is 422 g/mol. The highest BCUT2D eigenvalue weighted by Gasteiger charge is 2.26. The highest BCUT2D eigenvalue weighted by Crippen LogP contribution is 2.41. The Morgan fingerprint density at radius 2 is 0.886 bits per heavy atom. The molecular formula is C34H31N. The van der Waals surface area contributed by atoms with Crippen molar-refractivity contribution in [3.63, 3.8) is 0 Å². The van der Waals surface area contributed by atoms with Crippen molar-refractivity contribution < 1.29 is 0 Å². The van der Waals surface area contributed by atoms with Crippen molar-refractivity contribution in [2.75, 3.05) is 4.90 Å². The van der Waals surface area contributed by atoms with Crippen molar-refractivity contribution in [2.45, 2.75) is 26.3 Å². The first-order valence-corrected chi connectivity index (χ1v) is 12.2. The molecule has 1 heteroatoms. The molecule has 5 aromatic rings. The van der Waals surface area contributed by atoms with Gasteiger partial charge >= 0.3 is 0 Å². The van der Waals surface area contributed by atoms with Crippen LogP contribution in [0.2, 0.25) is 0 Å². The highest BCUT2D eigenvalue weighted by molar-refractivity contribution is 5.87. The van der Waals surface area contributed by atoms with Crippen LogP contribution in [0.1, 0.15) is 20.8 Å². The van der Waals surface area contributed by atoms with Crippen LogP contribution in [0.15, 0.2) is 133 Å². The minimum atomic E-state index is -0.123. The van der Waals surface area contributed by atoms with Crippen LogP contribution < -0.4 is 4.90 Å². The van der Waals surface area contributed by atoms with Gasteiger partial charge in [0.25, 0.3) is 0 Å². The topological polar surface area (TPSA) is 3.24 Å². The molecule has 0 saturated heterocycles. The van der Waals surface area contributed by atoms with E-state index in [1.54, 1.807) is 0 Å². The van der Waals surface area contributed by atoms with Crippen LogP contribution >= 0.6 is 0 Å². The molecule has 0 radical (unpaired) electrons. The van der Waals surface area contributed by atoms with Gasteiger partial charge in [-0.05, 0) is 66.8 Å². The molecule has 0 spiro atoms. The monoisotopic (exact) mass is 453 g/mol. The van der Waals surface area contributed by atoms with E-state index in [4.69, 9.17) is 0 Å². The van der Waals surface area contributed by atoms with Gasteiger partial charge in [0, 0.05) is 22.5 Å². The Hall–Kier alpha value is -4.10. The molecule has 0 saturated carbocycles. The number of anilines is 2. The number of para-hydroxylation sites is 1. The fourth-order valence-corrected chi connectivity index (χ4v) is 4.84. The quantitative estimate of drug-likeness (QED) is 0.256. The lowest BCUT2D eigenvalue weighted by atomic mass is 9.93. The van der Waals surface area contributed by atoms with Crippen LogP contribution in [-0.4, -0.2) is 5.54 Å². The summed E-state index contributed by atoms with van der Waals surface area (Å²) < 4.78 is 0. The second-order valence-corrected chi connectivity index (χ2v) is 9.85. The third-order valence-corrected chi connectivity index (χ3v) is 6.33. The van der Waals surface area contributed by atoms with Crippen molar-refractivity contribution >= 4 is 11.4 Å². The Morgan fingerprint density at radius 1 is 0.429 bits per heavy atom. The average molecular weight is 454 g/mol. The van der Waals surface area contributed by atoms with E-state index in [9.17, 15) is 0 Å². The minimum Gasteiger partial charge on any atom is -0.336 e. The minimum absolute atomic E-state index is 0.123. The molecule has 1 nitrogen and oxygen atoms in total. The molecule has 0 aliphatic carbocycles. The molecule has 35 heavy (non-hydrogen) atoms. The zero-order chi connectivity index (χ0) is 24.3. The number of nitrogens with zero attached hydrogens (tertiary/aromatic N) is 1. The normalized spacial score (nSPS) is 11.3. The van der Waals surface area contributed by atoms with Gasteiger partial charge in [-0.3, -0.25) is 0 Å². The van der Waals surface area contributed by atoms with E-state index in [-0.39, 0.29) is 5.54 Å². The predicted octanol–water partition coefficient (Wildman–Crippen LogP) is 9.62. The molecule has 0 amide bonds. The van der Waals surface area contributed by atoms with Crippen molar-refractivity contribution in [2.24, 2.45) is 0 Å². The zero-order valence-electron chi connectivity index (χ0n) is 20.6. The van der Waals surface area contributed by atoms with Crippen LogP contribution in [0.25, 0.3) is 33.4 Å². The van der Waals surface area contributed by atoms with Crippen molar-refractivity contribution in [1.82, 2.24) is 0 Å².